The van der Waals surface area contributed by atoms with Crippen LogP contribution in [0.2, 0.25) is 0 Å². The third kappa shape index (κ3) is 4.93. The molecule has 1 N–H and O–H groups in total. The van der Waals surface area contributed by atoms with E-state index in [2.05, 4.69) is 17.3 Å². The summed E-state index contributed by atoms with van der Waals surface area (Å²) in [4.78, 5) is 16.3. The van der Waals surface area contributed by atoms with Crippen LogP contribution in [0.1, 0.15) is 12.0 Å². The quantitative estimate of drug-likeness (QED) is 0.881. The van der Waals surface area contributed by atoms with Gasteiger partial charge in [0.15, 0.2) is 0 Å². The van der Waals surface area contributed by atoms with Crippen LogP contribution in [0, 0.1) is 0 Å². The molecule has 132 valence electrons. The molecule has 6 nitrogen and oxygen atoms in total. The Hall–Kier alpha value is -1.63. The third-order valence-electron chi connectivity index (χ3n) is 4.63. The molecule has 2 fully saturated rings. The maximum atomic E-state index is 12.2. The van der Waals surface area contributed by atoms with Crippen LogP contribution in [0.5, 0.6) is 0 Å². The summed E-state index contributed by atoms with van der Waals surface area (Å²) in [6, 6.07) is 10.3. The van der Waals surface area contributed by atoms with E-state index in [-0.39, 0.29) is 12.2 Å². The molecule has 24 heavy (non-hydrogen) atoms. The first-order valence-electron chi connectivity index (χ1n) is 8.70. The highest BCUT2D eigenvalue weighted by molar-refractivity contribution is 5.67. The number of nitrogens with one attached hydrogen (secondary N) is 1. The Bertz CT molecular complexity index is 526. The average Bonchev–Trinajstić information content (AvgIpc) is 3.04. The van der Waals surface area contributed by atoms with Crippen LogP contribution in [-0.4, -0.2) is 74.4 Å². The average molecular weight is 333 g/mol. The number of morpholine rings is 1. The zero-order chi connectivity index (χ0) is 16.8. The Balaban J connectivity index is 1.40. The molecule has 0 radical (unpaired) electrons. The fourth-order valence-corrected chi connectivity index (χ4v) is 3.22. The molecular weight excluding hydrogens is 306 g/mol. The van der Waals surface area contributed by atoms with Gasteiger partial charge in [0, 0.05) is 25.7 Å². The first-order valence-corrected chi connectivity index (χ1v) is 8.70. The number of carbonyl (C=O) groups excluding carboxylic acids is 1. The van der Waals surface area contributed by atoms with Gasteiger partial charge in [-0.2, -0.15) is 0 Å². The van der Waals surface area contributed by atoms with Gasteiger partial charge in [-0.05, 0) is 25.6 Å². The van der Waals surface area contributed by atoms with Crippen LogP contribution < -0.4 is 5.32 Å². The zero-order valence-electron chi connectivity index (χ0n) is 14.3. The second-order valence-corrected chi connectivity index (χ2v) is 6.64. The van der Waals surface area contributed by atoms with E-state index in [1.807, 2.05) is 30.3 Å². The zero-order valence-corrected chi connectivity index (χ0v) is 14.3. The molecule has 0 aliphatic carbocycles. The molecule has 1 aromatic rings. The normalized spacial score (nSPS) is 25.0. The molecule has 0 bridgehead atoms. The number of likely N-dealkylation sites (N-methyl/N-ethyl adjacent to an activating group) is 1. The number of nitrogens with zero attached hydrogens (tertiary/aromatic N) is 2. The summed E-state index contributed by atoms with van der Waals surface area (Å²) in [5.41, 5.74) is 1.00. The molecule has 1 amide bonds. The summed E-state index contributed by atoms with van der Waals surface area (Å²) in [6.07, 6.45) is 0.952. The largest absolute Gasteiger partial charge is 0.445 e. The van der Waals surface area contributed by atoms with E-state index in [4.69, 9.17) is 9.47 Å². The van der Waals surface area contributed by atoms with Crippen LogP contribution >= 0.6 is 0 Å². The summed E-state index contributed by atoms with van der Waals surface area (Å²) in [7, 11) is 2.14. The summed E-state index contributed by atoms with van der Waals surface area (Å²) in [6.45, 7) is 5.06. The molecule has 2 unspecified atom stereocenters. The van der Waals surface area contributed by atoms with Crippen LogP contribution in [-0.2, 0) is 16.1 Å². The molecule has 2 aliphatic heterocycles. The van der Waals surface area contributed by atoms with Gasteiger partial charge in [0.1, 0.15) is 6.61 Å². The Labute approximate surface area is 143 Å². The van der Waals surface area contributed by atoms with Crippen LogP contribution in [0.15, 0.2) is 30.3 Å². The molecule has 2 saturated heterocycles. The van der Waals surface area contributed by atoms with Crippen molar-refractivity contribution in [2.24, 2.45) is 0 Å². The van der Waals surface area contributed by atoms with Gasteiger partial charge in [0.25, 0.3) is 0 Å². The highest BCUT2D eigenvalue weighted by Gasteiger charge is 2.27. The van der Waals surface area contributed by atoms with Gasteiger partial charge in [0.05, 0.1) is 19.3 Å². The Morgan fingerprint density at radius 3 is 2.88 bits per heavy atom. The number of amides is 1. The Morgan fingerprint density at radius 2 is 2.12 bits per heavy atom. The van der Waals surface area contributed by atoms with Crippen molar-refractivity contribution in [3.05, 3.63) is 35.9 Å². The van der Waals surface area contributed by atoms with Crippen molar-refractivity contribution in [1.29, 1.82) is 0 Å². The monoisotopic (exact) mass is 333 g/mol. The highest BCUT2D eigenvalue weighted by Crippen LogP contribution is 2.10. The summed E-state index contributed by atoms with van der Waals surface area (Å²) >= 11 is 0. The molecule has 2 aliphatic rings. The first kappa shape index (κ1) is 17.2. The molecule has 0 saturated carbocycles. The Morgan fingerprint density at radius 1 is 1.29 bits per heavy atom. The predicted molar refractivity (Wildman–Crippen MR) is 91.8 cm³/mol. The lowest BCUT2D eigenvalue weighted by Gasteiger charge is -2.33. The van der Waals surface area contributed by atoms with Gasteiger partial charge in [-0.25, -0.2) is 4.79 Å². The summed E-state index contributed by atoms with van der Waals surface area (Å²) in [5, 5.41) is 3.55. The van der Waals surface area contributed by atoms with E-state index in [0.29, 0.717) is 32.3 Å². The van der Waals surface area contributed by atoms with Crippen molar-refractivity contribution in [2.75, 3.05) is 46.4 Å². The third-order valence-corrected chi connectivity index (χ3v) is 4.63. The number of rotatable bonds is 5. The van der Waals surface area contributed by atoms with E-state index in [1.54, 1.807) is 4.90 Å². The molecule has 0 aromatic heterocycles. The minimum Gasteiger partial charge on any atom is -0.445 e. The molecular formula is C18H27N3O3. The molecule has 3 rings (SSSR count). The van der Waals surface area contributed by atoms with Gasteiger partial charge in [-0.15, -0.1) is 0 Å². The molecule has 6 heteroatoms. The topological polar surface area (TPSA) is 54.0 Å². The molecule has 2 heterocycles. The molecule has 1 aromatic carbocycles. The lowest BCUT2D eigenvalue weighted by Crippen LogP contribution is -2.50. The van der Waals surface area contributed by atoms with Gasteiger partial charge in [-0.1, -0.05) is 30.3 Å². The number of hydrogen-bond acceptors (Lipinski definition) is 5. The van der Waals surface area contributed by atoms with E-state index in [9.17, 15) is 4.79 Å². The fourth-order valence-electron chi connectivity index (χ4n) is 3.22. The van der Waals surface area contributed by atoms with Crippen molar-refractivity contribution in [1.82, 2.24) is 15.1 Å². The van der Waals surface area contributed by atoms with E-state index >= 15 is 0 Å². The summed E-state index contributed by atoms with van der Waals surface area (Å²) < 4.78 is 11.2. The van der Waals surface area contributed by atoms with Gasteiger partial charge >= 0.3 is 6.09 Å². The minimum atomic E-state index is -0.257. The Kier molecular flexibility index (Phi) is 6.07. The molecule has 0 spiro atoms. The van der Waals surface area contributed by atoms with E-state index < -0.39 is 0 Å². The lowest BCUT2D eigenvalue weighted by atomic mass is 10.2. The minimum absolute atomic E-state index is 0.0360. The first-order chi connectivity index (χ1) is 11.7. The molecule has 2 atom stereocenters. The highest BCUT2D eigenvalue weighted by atomic mass is 16.6. The van der Waals surface area contributed by atoms with Gasteiger partial charge in [-0.3, -0.25) is 0 Å². The number of ether oxygens (including phenoxy) is 2. The van der Waals surface area contributed by atoms with Crippen LogP contribution in [0.3, 0.4) is 0 Å². The predicted octanol–water partition coefficient (Wildman–Crippen LogP) is 1.32. The van der Waals surface area contributed by atoms with Crippen molar-refractivity contribution in [3.63, 3.8) is 0 Å². The maximum absolute atomic E-state index is 12.2. The number of carbonyl (C=O) groups is 1. The second-order valence-electron chi connectivity index (χ2n) is 6.64. The van der Waals surface area contributed by atoms with Gasteiger partial charge < -0.3 is 24.6 Å². The lowest BCUT2D eigenvalue weighted by molar-refractivity contribution is -0.0278. The number of hydrogen-bond donors (Lipinski definition) is 1. The second kappa shape index (κ2) is 8.46. The number of benzene rings is 1. The SMILES string of the molecule is CN1CCC(NCC2CN(C(=O)OCc3ccccc3)CCO2)C1. The van der Waals surface area contributed by atoms with Crippen molar-refractivity contribution >= 4 is 6.09 Å². The standard InChI is InChI=1S/C18H27N3O3/c1-20-8-7-16(12-20)19-11-17-13-21(9-10-23-17)18(22)24-14-15-5-3-2-4-6-15/h2-6,16-17,19H,7-14H2,1H3. The number of likely N-dealkylation sites (tertiary alicyclic amines) is 1. The fraction of sp³-hybridized carbons (Fsp3) is 0.611. The van der Waals surface area contributed by atoms with E-state index in [0.717, 1.165) is 25.2 Å². The van der Waals surface area contributed by atoms with Crippen LogP contribution in [0.4, 0.5) is 4.79 Å². The smallest absolute Gasteiger partial charge is 0.410 e. The van der Waals surface area contributed by atoms with Crippen molar-refractivity contribution in [2.45, 2.75) is 25.2 Å². The van der Waals surface area contributed by atoms with E-state index in [1.165, 1.54) is 6.42 Å². The summed E-state index contributed by atoms with van der Waals surface area (Å²) in [5.74, 6) is 0. The van der Waals surface area contributed by atoms with Crippen LogP contribution in [0.25, 0.3) is 0 Å². The van der Waals surface area contributed by atoms with Gasteiger partial charge in [0.2, 0.25) is 0 Å². The van der Waals surface area contributed by atoms with Crippen molar-refractivity contribution in [3.8, 4) is 0 Å². The van der Waals surface area contributed by atoms with Crippen molar-refractivity contribution < 1.29 is 14.3 Å². The maximum Gasteiger partial charge on any atom is 0.410 e.